The summed E-state index contributed by atoms with van der Waals surface area (Å²) in [5.74, 6) is 1.49. The number of aromatic nitrogens is 5. The van der Waals surface area contributed by atoms with Crippen LogP contribution < -0.4 is 5.73 Å². The van der Waals surface area contributed by atoms with E-state index in [0.29, 0.717) is 11.6 Å². The molecule has 20 heavy (non-hydrogen) atoms. The second-order valence-corrected chi connectivity index (χ2v) is 6.06. The zero-order valence-electron chi connectivity index (χ0n) is 10.9. The molecule has 3 aromatic rings. The van der Waals surface area contributed by atoms with Crippen molar-refractivity contribution < 1.29 is 0 Å². The lowest BCUT2D eigenvalue weighted by molar-refractivity contribution is 0.641. The molecule has 4 rings (SSSR count). The van der Waals surface area contributed by atoms with Crippen molar-refractivity contribution in [3.05, 3.63) is 24.3 Å². The zero-order chi connectivity index (χ0) is 13.5. The van der Waals surface area contributed by atoms with Gasteiger partial charge in [0.15, 0.2) is 5.82 Å². The summed E-state index contributed by atoms with van der Waals surface area (Å²) in [6.45, 7) is 0. The molecule has 0 saturated heterocycles. The highest BCUT2D eigenvalue weighted by Gasteiger charge is 2.24. The molecule has 2 N–H and O–H groups in total. The molecule has 102 valence electrons. The van der Waals surface area contributed by atoms with Crippen LogP contribution in [0, 0.1) is 0 Å². The number of nitrogens with zero attached hydrogens (tertiary/aromatic N) is 5. The van der Waals surface area contributed by atoms with E-state index in [-0.39, 0.29) is 0 Å². The Kier molecular flexibility index (Phi) is 2.66. The summed E-state index contributed by atoms with van der Waals surface area (Å²) >= 11 is 1.51. The largest absolute Gasteiger partial charge is 0.397 e. The molecule has 1 aliphatic carbocycles. The van der Waals surface area contributed by atoms with Gasteiger partial charge in [-0.1, -0.05) is 24.2 Å². The minimum Gasteiger partial charge on any atom is -0.397 e. The minimum absolute atomic E-state index is 0.495. The highest BCUT2D eigenvalue weighted by molar-refractivity contribution is 7.19. The topological polar surface area (TPSA) is 82.0 Å². The van der Waals surface area contributed by atoms with Gasteiger partial charge in [-0.15, -0.1) is 10.2 Å². The Bertz CT molecular complexity index is 755. The molecular formula is C13H14N6S. The lowest BCUT2D eigenvalue weighted by atomic mass is 10.1. The number of pyridine rings is 1. The average Bonchev–Trinajstić information content (AvgIpc) is 3.14. The molecule has 1 fully saturated rings. The van der Waals surface area contributed by atoms with Crippen molar-refractivity contribution in [3.8, 4) is 10.6 Å². The van der Waals surface area contributed by atoms with Crippen molar-refractivity contribution in [2.45, 2.75) is 31.6 Å². The van der Waals surface area contributed by atoms with E-state index in [2.05, 4.69) is 20.3 Å². The van der Waals surface area contributed by atoms with E-state index in [1.54, 1.807) is 12.4 Å². The van der Waals surface area contributed by atoms with Gasteiger partial charge in [0.05, 0.1) is 11.9 Å². The summed E-state index contributed by atoms with van der Waals surface area (Å²) in [6.07, 6.45) is 8.29. The molecule has 0 aromatic carbocycles. The number of anilines is 1. The molecule has 6 nitrogen and oxygen atoms in total. The summed E-state index contributed by atoms with van der Waals surface area (Å²) < 4.78 is 1.88. The van der Waals surface area contributed by atoms with Crippen LogP contribution in [0.5, 0.6) is 0 Å². The van der Waals surface area contributed by atoms with Gasteiger partial charge in [0, 0.05) is 17.7 Å². The number of hydrogen-bond acceptors (Lipinski definition) is 6. The maximum absolute atomic E-state index is 5.96. The third kappa shape index (κ3) is 1.77. The van der Waals surface area contributed by atoms with Crippen LogP contribution in [0.3, 0.4) is 0 Å². The van der Waals surface area contributed by atoms with E-state index in [0.717, 1.165) is 21.4 Å². The van der Waals surface area contributed by atoms with Crippen LogP contribution in [0.1, 0.15) is 37.4 Å². The highest BCUT2D eigenvalue weighted by atomic mass is 32.1. The third-order valence-corrected chi connectivity index (χ3v) is 4.75. The summed E-state index contributed by atoms with van der Waals surface area (Å²) in [6, 6.07) is 1.89. The first-order valence-corrected chi connectivity index (χ1v) is 7.56. The van der Waals surface area contributed by atoms with Crippen molar-refractivity contribution in [1.82, 2.24) is 24.8 Å². The molecule has 0 aliphatic heterocycles. The zero-order valence-corrected chi connectivity index (χ0v) is 11.7. The van der Waals surface area contributed by atoms with E-state index < -0.39 is 0 Å². The van der Waals surface area contributed by atoms with E-state index >= 15 is 0 Å². The molecule has 0 spiro atoms. The Labute approximate surface area is 119 Å². The maximum atomic E-state index is 5.96. The van der Waals surface area contributed by atoms with E-state index in [9.17, 15) is 0 Å². The van der Waals surface area contributed by atoms with Crippen molar-refractivity contribution in [2.24, 2.45) is 0 Å². The van der Waals surface area contributed by atoms with Gasteiger partial charge in [-0.05, 0) is 18.9 Å². The molecule has 0 unspecified atom stereocenters. The standard InChI is InChI=1S/C13H14N6S/c14-10-7-15-6-5-9(10)12-18-19-11(8-3-1-2-4-8)16-17-13(19)20-12/h5-8H,1-4,14H2. The van der Waals surface area contributed by atoms with Gasteiger partial charge in [-0.3, -0.25) is 4.98 Å². The Hall–Kier alpha value is -2.02. The Morgan fingerprint density at radius 2 is 2.10 bits per heavy atom. The van der Waals surface area contributed by atoms with Crippen molar-refractivity contribution in [3.63, 3.8) is 0 Å². The fourth-order valence-corrected chi connectivity index (χ4v) is 3.67. The molecule has 0 atom stereocenters. The van der Waals surface area contributed by atoms with Crippen LogP contribution >= 0.6 is 11.3 Å². The monoisotopic (exact) mass is 286 g/mol. The van der Waals surface area contributed by atoms with Crippen LogP contribution in [-0.2, 0) is 0 Å². The SMILES string of the molecule is Nc1cnccc1-c1nn2c(C3CCCC3)nnc2s1. The van der Waals surface area contributed by atoms with Gasteiger partial charge < -0.3 is 5.73 Å². The molecule has 0 amide bonds. The number of nitrogens with two attached hydrogens (primary N) is 1. The van der Waals surface area contributed by atoms with E-state index in [4.69, 9.17) is 5.73 Å². The smallest absolute Gasteiger partial charge is 0.234 e. The number of fused-ring (bicyclic) bond motifs is 1. The van der Waals surface area contributed by atoms with Crippen molar-refractivity contribution >= 4 is 22.0 Å². The third-order valence-electron chi connectivity index (χ3n) is 3.82. The first-order valence-electron chi connectivity index (χ1n) is 6.75. The second-order valence-electron chi connectivity index (χ2n) is 5.10. The Morgan fingerprint density at radius 1 is 1.25 bits per heavy atom. The molecular weight excluding hydrogens is 272 g/mol. The van der Waals surface area contributed by atoms with E-state index in [1.165, 1.54) is 37.0 Å². The molecule has 1 aliphatic rings. The molecule has 1 saturated carbocycles. The molecule has 3 aromatic heterocycles. The summed E-state index contributed by atoms with van der Waals surface area (Å²) in [5.41, 5.74) is 7.51. The number of hydrogen-bond donors (Lipinski definition) is 1. The summed E-state index contributed by atoms with van der Waals surface area (Å²) in [4.78, 5) is 4.84. The minimum atomic E-state index is 0.495. The van der Waals surface area contributed by atoms with E-state index in [1.807, 2.05) is 10.6 Å². The Morgan fingerprint density at radius 3 is 2.90 bits per heavy atom. The predicted molar refractivity (Wildman–Crippen MR) is 77.5 cm³/mol. The fourth-order valence-electron chi connectivity index (χ4n) is 2.78. The van der Waals surface area contributed by atoms with Gasteiger partial charge in [0.2, 0.25) is 4.96 Å². The quantitative estimate of drug-likeness (QED) is 0.782. The van der Waals surface area contributed by atoms with Gasteiger partial charge >= 0.3 is 0 Å². The molecule has 3 heterocycles. The van der Waals surface area contributed by atoms with Crippen molar-refractivity contribution in [1.29, 1.82) is 0 Å². The van der Waals surface area contributed by atoms with Crippen LogP contribution in [-0.4, -0.2) is 24.8 Å². The van der Waals surface area contributed by atoms with Crippen LogP contribution in [0.2, 0.25) is 0 Å². The lowest BCUT2D eigenvalue weighted by Crippen LogP contribution is -2.01. The van der Waals surface area contributed by atoms with Gasteiger partial charge in [0.1, 0.15) is 5.01 Å². The number of nitrogen functional groups attached to an aromatic ring is 1. The highest BCUT2D eigenvalue weighted by Crippen LogP contribution is 2.35. The summed E-state index contributed by atoms with van der Waals surface area (Å²) in [7, 11) is 0. The summed E-state index contributed by atoms with van der Waals surface area (Å²) in [5, 5.41) is 14.1. The van der Waals surface area contributed by atoms with Crippen LogP contribution in [0.4, 0.5) is 5.69 Å². The van der Waals surface area contributed by atoms with Gasteiger partial charge in [-0.2, -0.15) is 9.61 Å². The first-order chi connectivity index (χ1) is 9.83. The van der Waals surface area contributed by atoms with Crippen LogP contribution in [0.25, 0.3) is 15.5 Å². The van der Waals surface area contributed by atoms with Gasteiger partial charge in [0.25, 0.3) is 0 Å². The average molecular weight is 286 g/mol. The molecule has 7 heteroatoms. The maximum Gasteiger partial charge on any atom is 0.234 e. The normalized spacial score (nSPS) is 16.2. The molecule has 0 radical (unpaired) electrons. The lowest BCUT2D eigenvalue weighted by Gasteiger charge is -2.03. The number of rotatable bonds is 2. The first kappa shape index (κ1) is 11.8. The van der Waals surface area contributed by atoms with Gasteiger partial charge in [-0.25, -0.2) is 0 Å². The predicted octanol–water partition coefficient (Wildman–Crippen LogP) is 2.49. The van der Waals surface area contributed by atoms with Crippen LogP contribution in [0.15, 0.2) is 18.5 Å². The fraction of sp³-hybridized carbons (Fsp3) is 0.385. The Balaban J connectivity index is 1.81. The second kappa shape index (κ2) is 4.52. The molecule has 0 bridgehead atoms. The van der Waals surface area contributed by atoms with Crippen molar-refractivity contribution in [2.75, 3.05) is 5.73 Å².